The van der Waals surface area contributed by atoms with Crippen LogP contribution < -0.4 is 5.32 Å². The first-order valence-electron chi connectivity index (χ1n) is 8.46. The maximum Gasteiger partial charge on any atom is 0.261 e. The van der Waals surface area contributed by atoms with Gasteiger partial charge in [-0.3, -0.25) is 14.8 Å². The number of H-pyrrole nitrogens is 1. The van der Waals surface area contributed by atoms with Crippen molar-refractivity contribution in [2.24, 2.45) is 0 Å². The predicted molar refractivity (Wildman–Crippen MR) is 101 cm³/mol. The molecule has 6 nitrogen and oxygen atoms in total. The molecule has 0 saturated carbocycles. The second-order valence-electron chi connectivity index (χ2n) is 6.25. The molecule has 26 heavy (non-hydrogen) atoms. The van der Waals surface area contributed by atoms with E-state index in [0.717, 1.165) is 22.3 Å². The average Bonchev–Trinajstić information content (AvgIpc) is 3.15. The van der Waals surface area contributed by atoms with Gasteiger partial charge in [-0.2, -0.15) is 5.10 Å². The number of hydrogen-bond acceptors (Lipinski definition) is 3. The summed E-state index contributed by atoms with van der Waals surface area (Å²) >= 11 is 0. The molecule has 2 aromatic heterocycles. The van der Waals surface area contributed by atoms with Crippen LogP contribution in [0.4, 0.5) is 5.95 Å². The highest BCUT2D eigenvalue weighted by Gasteiger charge is 2.19. The van der Waals surface area contributed by atoms with Crippen LogP contribution >= 0.6 is 0 Å². The molecule has 0 fully saturated rings. The van der Waals surface area contributed by atoms with E-state index < -0.39 is 0 Å². The molecule has 0 aliphatic rings. The normalized spacial score (nSPS) is 11.0. The van der Waals surface area contributed by atoms with Crippen LogP contribution in [0, 0.1) is 13.8 Å². The van der Waals surface area contributed by atoms with Gasteiger partial charge in [0.1, 0.15) is 0 Å². The van der Waals surface area contributed by atoms with Gasteiger partial charge in [-0.25, -0.2) is 4.98 Å². The van der Waals surface area contributed by atoms with Crippen LogP contribution in [0.25, 0.3) is 11.0 Å². The summed E-state index contributed by atoms with van der Waals surface area (Å²) in [6, 6.07) is 17.7. The zero-order valence-corrected chi connectivity index (χ0v) is 14.7. The number of aromatic nitrogens is 4. The summed E-state index contributed by atoms with van der Waals surface area (Å²) < 4.78 is 1.86. The lowest BCUT2D eigenvalue weighted by molar-refractivity contribution is 0.102. The molecule has 0 aliphatic carbocycles. The second-order valence-corrected chi connectivity index (χ2v) is 6.25. The molecule has 6 heteroatoms. The number of nitrogens with zero attached hydrogens (tertiary/aromatic N) is 3. The van der Waals surface area contributed by atoms with Gasteiger partial charge in [0.05, 0.1) is 28.8 Å². The van der Waals surface area contributed by atoms with Crippen molar-refractivity contribution in [1.29, 1.82) is 0 Å². The molecule has 130 valence electrons. The predicted octanol–water partition coefficient (Wildman–Crippen LogP) is 3.68. The van der Waals surface area contributed by atoms with Crippen molar-refractivity contribution >= 4 is 22.9 Å². The van der Waals surface area contributed by atoms with Gasteiger partial charge in [0.15, 0.2) is 0 Å². The quantitative estimate of drug-likeness (QED) is 0.592. The molecule has 4 aromatic rings. The number of aryl methyl sites for hydroxylation is 1. The van der Waals surface area contributed by atoms with Crippen LogP contribution in [0.1, 0.15) is 27.3 Å². The third kappa shape index (κ3) is 2.97. The summed E-state index contributed by atoms with van der Waals surface area (Å²) in [5.74, 6) is 0.226. The minimum atomic E-state index is -0.210. The third-order valence-corrected chi connectivity index (χ3v) is 4.41. The summed E-state index contributed by atoms with van der Waals surface area (Å²) in [6.45, 7) is 4.39. The SMILES string of the molecule is Cc1nn(Cc2ccccc2)c(C)c1C(=O)Nc1nc2ccccc2[nH]1. The first kappa shape index (κ1) is 16.1. The molecule has 0 atom stereocenters. The average molecular weight is 345 g/mol. The zero-order valence-electron chi connectivity index (χ0n) is 14.7. The number of anilines is 1. The first-order valence-corrected chi connectivity index (χ1v) is 8.46. The molecular weight excluding hydrogens is 326 g/mol. The molecule has 2 N–H and O–H groups in total. The third-order valence-electron chi connectivity index (χ3n) is 4.41. The van der Waals surface area contributed by atoms with Crippen LogP contribution in [0.3, 0.4) is 0 Å². The lowest BCUT2D eigenvalue weighted by Gasteiger charge is -2.06. The van der Waals surface area contributed by atoms with Crippen molar-refractivity contribution in [2.45, 2.75) is 20.4 Å². The Morgan fingerprint density at radius 3 is 2.58 bits per heavy atom. The summed E-state index contributed by atoms with van der Waals surface area (Å²) in [5, 5.41) is 7.38. The van der Waals surface area contributed by atoms with Gasteiger partial charge in [0, 0.05) is 5.69 Å². The molecule has 0 bridgehead atoms. The number of nitrogens with one attached hydrogen (secondary N) is 2. The number of carbonyl (C=O) groups is 1. The summed E-state index contributed by atoms with van der Waals surface area (Å²) in [5.41, 5.74) is 4.96. The fourth-order valence-corrected chi connectivity index (χ4v) is 3.12. The van der Waals surface area contributed by atoms with Crippen LogP contribution in [0.2, 0.25) is 0 Å². The van der Waals surface area contributed by atoms with Crippen molar-refractivity contribution in [2.75, 3.05) is 5.32 Å². The van der Waals surface area contributed by atoms with E-state index in [4.69, 9.17) is 0 Å². The largest absolute Gasteiger partial charge is 0.324 e. The maximum absolute atomic E-state index is 12.8. The van der Waals surface area contributed by atoms with E-state index in [0.29, 0.717) is 23.8 Å². The molecule has 0 spiro atoms. The number of imidazole rings is 1. The van der Waals surface area contributed by atoms with Gasteiger partial charge in [-0.05, 0) is 31.5 Å². The van der Waals surface area contributed by atoms with E-state index in [1.165, 1.54) is 0 Å². The minimum Gasteiger partial charge on any atom is -0.324 e. The Morgan fingerprint density at radius 1 is 1.08 bits per heavy atom. The number of rotatable bonds is 4. The van der Waals surface area contributed by atoms with Crippen molar-refractivity contribution in [3.63, 3.8) is 0 Å². The van der Waals surface area contributed by atoms with Crippen LogP contribution in [-0.4, -0.2) is 25.7 Å². The van der Waals surface area contributed by atoms with Gasteiger partial charge >= 0.3 is 0 Å². The fraction of sp³-hybridized carbons (Fsp3) is 0.150. The van der Waals surface area contributed by atoms with Gasteiger partial charge in [0.2, 0.25) is 5.95 Å². The minimum absolute atomic E-state index is 0.210. The number of carbonyl (C=O) groups excluding carboxylic acids is 1. The van der Waals surface area contributed by atoms with E-state index >= 15 is 0 Å². The van der Waals surface area contributed by atoms with E-state index in [1.54, 1.807) is 0 Å². The Morgan fingerprint density at radius 2 is 1.81 bits per heavy atom. The highest BCUT2D eigenvalue weighted by atomic mass is 16.1. The van der Waals surface area contributed by atoms with E-state index in [2.05, 4.69) is 20.4 Å². The highest BCUT2D eigenvalue weighted by molar-refractivity contribution is 6.05. The van der Waals surface area contributed by atoms with Crippen molar-refractivity contribution in [3.05, 3.63) is 77.1 Å². The van der Waals surface area contributed by atoms with Gasteiger partial charge in [0.25, 0.3) is 5.91 Å². The molecule has 0 radical (unpaired) electrons. The Labute approximate surface area is 150 Å². The summed E-state index contributed by atoms with van der Waals surface area (Å²) in [6.07, 6.45) is 0. The number of benzene rings is 2. The molecule has 4 rings (SSSR count). The molecule has 0 unspecified atom stereocenters. The number of para-hydroxylation sites is 2. The smallest absolute Gasteiger partial charge is 0.261 e. The van der Waals surface area contributed by atoms with Crippen molar-refractivity contribution in [1.82, 2.24) is 19.7 Å². The lowest BCUT2D eigenvalue weighted by Crippen LogP contribution is -2.15. The van der Waals surface area contributed by atoms with E-state index in [1.807, 2.05) is 73.1 Å². The highest BCUT2D eigenvalue weighted by Crippen LogP contribution is 2.18. The number of aromatic amines is 1. The maximum atomic E-state index is 12.8. The van der Waals surface area contributed by atoms with E-state index in [-0.39, 0.29) is 5.91 Å². The molecule has 0 aliphatic heterocycles. The van der Waals surface area contributed by atoms with Crippen LogP contribution in [0.5, 0.6) is 0 Å². The van der Waals surface area contributed by atoms with E-state index in [9.17, 15) is 4.79 Å². The van der Waals surface area contributed by atoms with Gasteiger partial charge in [-0.15, -0.1) is 0 Å². The molecule has 2 heterocycles. The Bertz CT molecular complexity index is 1050. The topological polar surface area (TPSA) is 75.6 Å². The number of fused-ring (bicyclic) bond motifs is 1. The zero-order chi connectivity index (χ0) is 18.1. The molecule has 2 aromatic carbocycles. The van der Waals surface area contributed by atoms with Crippen LogP contribution in [-0.2, 0) is 6.54 Å². The van der Waals surface area contributed by atoms with Crippen molar-refractivity contribution < 1.29 is 4.79 Å². The number of amides is 1. The van der Waals surface area contributed by atoms with Crippen molar-refractivity contribution in [3.8, 4) is 0 Å². The van der Waals surface area contributed by atoms with Gasteiger partial charge in [-0.1, -0.05) is 42.5 Å². The Balaban J connectivity index is 1.59. The van der Waals surface area contributed by atoms with Gasteiger partial charge < -0.3 is 4.98 Å². The number of hydrogen-bond donors (Lipinski definition) is 2. The molecular formula is C20H19N5O. The standard InChI is InChI=1S/C20H19N5O/c1-13-18(14(2)25(24-13)12-15-8-4-3-5-9-15)19(26)23-20-21-16-10-6-7-11-17(16)22-20/h3-11H,12H2,1-2H3,(H2,21,22,23,26). The lowest BCUT2D eigenvalue weighted by atomic mass is 10.2. The molecule has 1 amide bonds. The summed E-state index contributed by atoms with van der Waals surface area (Å²) in [4.78, 5) is 20.3. The Kier molecular flexibility index (Phi) is 4.01. The summed E-state index contributed by atoms with van der Waals surface area (Å²) in [7, 11) is 0. The Hall–Kier alpha value is -3.41. The first-order chi connectivity index (χ1) is 12.6. The monoisotopic (exact) mass is 345 g/mol. The molecule has 0 saturated heterocycles. The fourth-order valence-electron chi connectivity index (χ4n) is 3.12. The second kappa shape index (κ2) is 6.48. The van der Waals surface area contributed by atoms with Crippen LogP contribution in [0.15, 0.2) is 54.6 Å².